The number of nitrogens with one attached hydrogen (secondary N) is 1. The average Bonchev–Trinajstić information content (AvgIpc) is 2.82. The molecule has 0 aliphatic heterocycles. The van der Waals surface area contributed by atoms with Gasteiger partial charge in [-0.25, -0.2) is 4.98 Å². The molecule has 0 aliphatic carbocycles. The summed E-state index contributed by atoms with van der Waals surface area (Å²) in [6.45, 7) is -0.266. The number of aromatic nitrogens is 3. The van der Waals surface area contributed by atoms with Gasteiger partial charge in [0, 0.05) is 17.0 Å². The first-order valence-corrected chi connectivity index (χ1v) is 5.43. The van der Waals surface area contributed by atoms with Crippen LogP contribution in [0.3, 0.4) is 0 Å². The Morgan fingerprint density at radius 3 is 2.94 bits per heavy atom. The molecule has 0 unspecified atom stereocenters. The molecular formula is C9H8N4O3S. The third kappa shape index (κ3) is 2.60. The lowest BCUT2D eigenvalue weighted by molar-refractivity contribution is -0.385. The second-order valence-corrected chi connectivity index (χ2v) is 4.13. The summed E-state index contributed by atoms with van der Waals surface area (Å²) in [5.74, 6) is 0. The zero-order valence-electron chi connectivity index (χ0n) is 8.53. The van der Waals surface area contributed by atoms with Crippen molar-refractivity contribution in [1.29, 1.82) is 0 Å². The summed E-state index contributed by atoms with van der Waals surface area (Å²) in [6.07, 6.45) is 1.37. The van der Waals surface area contributed by atoms with Crippen LogP contribution in [-0.4, -0.2) is 25.2 Å². The Morgan fingerprint density at radius 2 is 2.35 bits per heavy atom. The van der Waals surface area contributed by atoms with Gasteiger partial charge in [0.15, 0.2) is 5.16 Å². The second kappa shape index (κ2) is 4.93. The van der Waals surface area contributed by atoms with Crippen LogP contribution >= 0.6 is 11.8 Å². The molecule has 1 aromatic carbocycles. The summed E-state index contributed by atoms with van der Waals surface area (Å²) < 4.78 is 0. The minimum absolute atomic E-state index is 0.0454. The van der Waals surface area contributed by atoms with E-state index >= 15 is 0 Å². The Balaban J connectivity index is 2.31. The van der Waals surface area contributed by atoms with Gasteiger partial charge in [0.2, 0.25) is 0 Å². The van der Waals surface area contributed by atoms with Crippen LogP contribution in [0.15, 0.2) is 34.6 Å². The Kier molecular flexibility index (Phi) is 3.35. The normalized spacial score (nSPS) is 10.4. The molecule has 0 atom stereocenters. The number of nitro benzene ring substituents is 1. The highest BCUT2D eigenvalue weighted by molar-refractivity contribution is 7.99. The third-order valence-corrected chi connectivity index (χ3v) is 3.03. The van der Waals surface area contributed by atoms with Crippen molar-refractivity contribution in [1.82, 2.24) is 15.2 Å². The van der Waals surface area contributed by atoms with Crippen LogP contribution in [0.1, 0.15) is 5.56 Å². The summed E-state index contributed by atoms with van der Waals surface area (Å²) >= 11 is 1.25. The van der Waals surface area contributed by atoms with Crippen LogP contribution < -0.4 is 0 Å². The number of aliphatic hydroxyl groups is 1. The quantitative estimate of drug-likeness (QED) is 0.628. The van der Waals surface area contributed by atoms with E-state index in [4.69, 9.17) is 0 Å². The molecule has 7 nitrogen and oxygen atoms in total. The van der Waals surface area contributed by atoms with E-state index in [-0.39, 0.29) is 12.3 Å². The fraction of sp³-hybridized carbons (Fsp3) is 0.111. The minimum Gasteiger partial charge on any atom is -0.392 e. The van der Waals surface area contributed by atoms with E-state index in [1.807, 2.05) is 0 Å². The van der Waals surface area contributed by atoms with E-state index < -0.39 is 4.92 Å². The van der Waals surface area contributed by atoms with Gasteiger partial charge in [-0.05, 0) is 23.4 Å². The van der Waals surface area contributed by atoms with Gasteiger partial charge in [0.25, 0.3) is 5.69 Å². The summed E-state index contributed by atoms with van der Waals surface area (Å²) in [4.78, 5) is 14.7. The Morgan fingerprint density at radius 1 is 1.53 bits per heavy atom. The molecule has 2 N–H and O–H groups in total. The molecule has 0 bridgehead atoms. The summed E-state index contributed by atoms with van der Waals surface area (Å²) in [7, 11) is 0. The summed E-state index contributed by atoms with van der Waals surface area (Å²) in [5.41, 5.74) is 0.441. The van der Waals surface area contributed by atoms with Crippen molar-refractivity contribution in [2.24, 2.45) is 0 Å². The molecule has 0 saturated carbocycles. The Labute approximate surface area is 100 Å². The van der Waals surface area contributed by atoms with Crippen molar-refractivity contribution in [2.75, 3.05) is 0 Å². The minimum atomic E-state index is -0.498. The second-order valence-electron chi connectivity index (χ2n) is 3.10. The topological polar surface area (TPSA) is 105 Å². The third-order valence-electron chi connectivity index (χ3n) is 2.02. The molecular weight excluding hydrogens is 244 g/mol. The van der Waals surface area contributed by atoms with E-state index in [1.165, 1.54) is 30.2 Å². The van der Waals surface area contributed by atoms with Crippen molar-refractivity contribution in [3.05, 3.63) is 40.2 Å². The molecule has 17 heavy (non-hydrogen) atoms. The first-order chi connectivity index (χ1) is 8.20. The maximum absolute atomic E-state index is 10.6. The van der Waals surface area contributed by atoms with Gasteiger partial charge in [0.05, 0.1) is 11.5 Å². The lowest BCUT2D eigenvalue weighted by atomic mass is 10.2. The smallest absolute Gasteiger partial charge is 0.269 e. The van der Waals surface area contributed by atoms with Gasteiger partial charge in [0.1, 0.15) is 6.33 Å². The average molecular weight is 252 g/mol. The van der Waals surface area contributed by atoms with E-state index in [0.29, 0.717) is 15.6 Å². The highest BCUT2D eigenvalue weighted by atomic mass is 32.2. The standard InChI is InChI=1S/C9H8N4O3S/c14-4-6-3-7(13(15)16)1-2-8(6)17-9-10-5-11-12-9/h1-3,5,14H,4H2,(H,10,11,12). The number of nitro groups is 1. The zero-order valence-corrected chi connectivity index (χ0v) is 9.35. The largest absolute Gasteiger partial charge is 0.392 e. The fourth-order valence-electron chi connectivity index (χ4n) is 1.25. The molecule has 0 aliphatic rings. The van der Waals surface area contributed by atoms with Crippen LogP contribution in [-0.2, 0) is 6.61 Å². The summed E-state index contributed by atoms with van der Waals surface area (Å²) in [6, 6.07) is 4.31. The van der Waals surface area contributed by atoms with Gasteiger partial charge >= 0.3 is 0 Å². The predicted molar refractivity (Wildman–Crippen MR) is 59.5 cm³/mol. The molecule has 1 aromatic heterocycles. The van der Waals surface area contributed by atoms with Crippen LogP contribution in [0, 0.1) is 10.1 Å². The van der Waals surface area contributed by atoms with E-state index in [2.05, 4.69) is 15.2 Å². The molecule has 0 fully saturated rings. The number of rotatable bonds is 4. The molecule has 8 heteroatoms. The lowest BCUT2D eigenvalue weighted by Crippen LogP contribution is -1.93. The first-order valence-electron chi connectivity index (χ1n) is 4.62. The van der Waals surface area contributed by atoms with E-state index in [9.17, 15) is 15.2 Å². The van der Waals surface area contributed by atoms with Crippen LogP contribution in [0.4, 0.5) is 5.69 Å². The van der Waals surface area contributed by atoms with Crippen LogP contribution in [0.2, 0.25) is 0 Å². The highest BCUT2D eigenvalue weighted by Gasteiger charge is 2.12. The zero-order chi connectivity index (χ0) is 12.3. The van der Waals surface area contributed by atoms with Crippen molar-refractivity contribution in [3.8, 4) is 0 Å². The van der Waals surface area contributed by atoms with Crippen molar-refractivity contribution in [3.63, 3.8) is 0 Å². The number of hydrogen-bond acceptors (Lipinski definition) is 6. The summed E-state index contributed by atoms with van der Waals surface area (Å²) in [5, 5.41) is 26.7. The van der Waals surface area contributed by atoms with E-state index in [1.54, 1.807) is 6.07 Å². The molecule has 2 aromatic rings. The maximum atomic E-state index is 10.6. The van der Waals surface area contributed by atoms with Crippen LogP contribution in [0.25, 0.3) is 0 Å². The highest BCUT2D eigenvalue weighted by Crippen LogP contribution is 2.30. The maximum Gasteiger partial charge on any atom is 0.269 e. The van der Waals surface area contributed by atoms with Crippen molar-refractivity contribution >= 4 is 17.4 Å². The molecule has 0 amide bonds. The number of H-pyrrole nitrogens is 1. The molecule has 0 saturated heterocycles. The molecule has 1 heterocycles. The molecule has 0 spiro atoms. The fourth-order valence-corrected chi connectivity index (χ4v) is 2.05. The van der Waals surface area contributed by atoms with E-state index in [0.717, 1.165) is 0 Å². The van der Waals surface area contributed by atoms with Crippen LogP contribution in [0.5, 0.6) is 0 Å². The number of aromatic amines is 1. The number of nitrogens with zero attached hydrogens (tertiary/aromatic N) is 3. The van der Waals surface area contributed by atoms with Gasteiger partial charge < -0.3 is 5.11 Å². The van der Waals surface area contributed by atoms with Gasteiger partial charge in [-0.1, -0.05) is 0 Å². The number of hydrogen-bond donors (Lipinski definition) is 2. The SMILES string of the molecule is O=[N+]([O-])c1ccc(Sc2ncn[nH]2)c(CO)c1. The van der Waals surface area contributed by atoms with Gasteiger partial charge in [-0.2, -0.15) is 5.10 Å². The lowest BCUT2D eigenvalue weighted by Gasteiger charge is -2.04. The predicted octanol–water partition coefficient (Wildman–Crippen LogP) is 1.36. The molecule has 2 rings (SSSR count). The number of benzene rings is 1. The van der Waals surface area contributed by atoms with Crippen molar-refractivity contribution in [2.45, 2.75) is 16.7 Å². The Hall–Kier alpha value is -1.93. The first kappa shape index (κ1) is 11.6. The monoisotopic (exact) mass is 252 g/mol. The van der Waals surface area contributed by atoms with Gasteiger partial charge in [-0.3, -0.25) is 15.2 Å². The molecule has 88 valence electrons. The van der Waals surface area contributed by atoms with Gasteiger partial charge in [-0.15, -0.1) is 0 Å². The number of aliphatic hydroxyl groups excluding tert-OH is 1. The van der Waals surface area contributed by atoms with Crippen molar-refractivity contribution < 1.29 is 10.0 Å². The molecule has 0 radical (unpaired) electrons. The Bertz CT molecular complexity index is 529. The number of non-ortho nitro benzene ring substituents is 1.